The number of amides is 2. The van der Waals surface area contributed by atoms with Crippen LogP contribution in [0.2, 0.25) is 0 Å². The highest BCUT2D eigenvalue weighted by Crippen LogP contribution is 2.31. The number of para-hydroxylation sites is 1. The number of carbonyl (C=O) groups is 2. The monoisotopic (exact) mass is 342 g/mol. The summed E-state index contributed by atoms with van der Waals surface area (Å²) in [7, 11) is 0. The first kappa shape index (κ1) is 16.4. The Bertz CT molecular complexity index is 734. The van der Waals surface area contributed by atoms with Crippen LogP contribution in [-0.4, -0.2) is 30.7 Å². The number of nitrogens with one attached hydrogen (secondary N) is 2. The van der Waals surface area contributed by atoms with Crippen LogP contribution in [-0.2, 0) is 4.79 Å². The number of hydrogen-bond donors (Lipinski definition) is 2. The number of ether oxygens (including phenoxy) is 1. The minimum Gasteiger partial charge on any atom is -0.494 e. The zero-order valence-electron chi connectivity index (χ0n) is 13.1. The fourth-order valence-corrected chi connectivity index (χ4v) is 3.10. The summed E-state index contributed by atoms with van der Waals surface area (Å²) in [5.41, 5.74) is 1.25. The van der Waals surface area contributed by atoms with Crippen molar-refractivity contribution < 1.29 is 14.3 Å². The fraction of sp³-hybridized carbons (Fsp3) is 0.222. The molecule has 0 saturated carbocycles. The Labute approximate surface area is 144 Å². The molecule has 0 aliphatic carbocycles. The van der Waals surface area contributed by atoms with Crippen molar-refractivity contribution in [1.29, 1.82) is 0 Å². The Kier molecular flexibility index (Phi) is 5.38. The lowest BCUT2D eigenvalue weighted by atomic mass is 10.2. The number of hydrogen-bond acceptors (Lipinski definition) is 4. The smallest absolute Gasteiger partial charge is 0.251 e. The van der Waals surface area contributed by atoms with Gasteiger partial charge in [-0.1, -0.05) is 18.2 Å². The second-order valence-electron chi connectivity index (χ2n) is 5.32. The van der Waals surface area contributed by atoms with Crippen molar-refractivity contribution in [2.24, 2.45) is 0 Å². The summed E-state index contributed by atoms with van der Waals surface area (Å²) < 4.78 is 5.58. The first-order valence-corrected chi connectivity index (χ1v) is 8.74. The van der Waals surface area contributed by atoms with E-state index in [1.807, 2.05) is 36.4 Å². The van der Waals surface area contributed by atoms with Crippen LogP contribution in [0.25, 0.3) is 0 Å². The van der Waals surface area contributed by atoms with Gasteiger partial charge in [0.15, 0.2) is 0 Å². The Morgan fingerprint density at radius 2 is 2.04 bits per heavy atom. The molecule has 124 valence electrons. The Hall–Kier alpha value is -2.47. The first-order chi connectivity index (χ1) is 11.7. The summed E-state index contributed by atoms with van der Waals surface area (Å²) in [6, 6.07) is 14.9. The number of fused-ring (bicyclic) bond motifs is 1. The molecule has 0 saturated heterocycles. The topological polar surface area (TPSA) is 67.4 Å². The molecule has 2 amide bonds. The van der Waals surface area contributed by atoms with Crippen molar-refractivity contribution in [2.75, 3.05) is 24.2 Å². The number of anilines is 1. The van der Waals surface area contributed by atoms with Gasteiger partial charge < -0.3 is 15.4 Å². The molecule has 0 atom stereocenters. The van der Waals surface area contributed by atoms with E-state index in [1.165, 1.54) is 11.8 Å². The van der Waals surface area contributed by atoms with E-state index >= 15 is 0 Å². The Balaban J connectivity index is 1.45. The maximum Gasteiger partial charge on any atom is 0.251 e. The Morgan fingerprint density at radius 3 is 2.88 bits per heavy atom. The summed E-state index contributed by atoms with van der Waals surface area (Å²) in [6.45, 7) is 1.07. The summed E-state index contributed by atoms with van der Waals surface area (Å²) >= 11 is 1.48. The van der Waals surface area contributed by atoms with E-state index in [1.54, 1.807) is 12.1 Å². The quantitative estimate of drug-likeness (QED) is 0.792. The maximum absolute atomic E-state index is 12.2. The van der Waals surface area contributed by atoms with Crippen LogP contribution < -0.4 is 15.4 Å². The molecule has 6 heteroatoms. The summed E-state index contributed by atoms with van der Waals surface area (Å²) in [5, 5.41) is 5.65. The van der Waals surface area contributed by atoms with Crippen molar-refractivity contribution in [1.82, 2.24) is 5.32 Å². The lowest BCUT2D eigenvalue weighted by molar-refractivity contribution is -0.113. The number of rotatable bonds is 6. The molecule has 1 aliphatic heterocycles. The standard InChI is InChI=1S/C18H18N2O3S/c21-17-12-24-16-8-7-13(11-15(16)20-17)18(22)19-9-4-10-23-14-5-2-1-3-6-14/h1-3,5-8,11H,4,9-10,12H2,(H,19,22)(H,20,21). The zero-order valence-corrected chi connectivity index (χ0v) is 13.9. The van der Waals surface area contributed by atoms with Crippen molar-refractivity contribution in [3.05, 3.63) is 54.1 Å². The van der Waals surface area contributed by atoms with Gasteiger partial charge in [-0.15, -0.1) is 11.8 Å². The van der Waals surface area contributed by atoms with Gasteiger partial charge >= 0.3 is 0 Å². The molecular formula is C18H18N2O3S. The normalized spacial score (nSPS) is 12.9. The van der Waals surface area contributed by atoms with Gasteiger partial charge in [0, 0.05) is 17.0 Å². The Morgan fingerprint density at radius 1 is 1.21 bits per heavy atom. The third-order valence-electron chi connectivity index (χ3n) is 3.49. The van der Waals surface area contributed by atoms with E-state index in [2.05, 4.69) is 10.6 Å². The van der Waals surface area contributed by atoms with Crippen LogP contribution in [0, 0.1) is 0 Å². The molecular weight excluding hydrogens is 324 g/mol. The predicted octanol–water partition coefficient (Wildman–Crippen LogP) is 2.93. The minimum atomic E-state index is -0.151. The molecule has 2 aromatic rings. The van der Waals surface area contributed by atoms with Crippen LogP contribution in [0.5, 0.6) is 5.75 Å². The van der Waals surface area contributed by atoms with Gasteiger partial charge in [0.05, 0.1) is 18.0 Å². The van der Waals surface area contributed by atoms with Crippen LogP contribution >= 0.6 is 11.8 Å². The number of benzene rings is 2. The van der Waals surface area contributed by atoms with E-state index in [0.717, 1.165) is 17.1 Å². The van der Waals surface area contributed by atoms with Gasteiger partial charge in [0.2, 0.25) is 5.91 Å². The van der Waals surface area contributed by atoms with Crippen LogP contribution in [0.15, 0.2) is 53.4 Å². The average molecular weight is 342 g/mol. The summed E-state index contributed by atoms with van der Waals surface area (Å²) in [4.78, 5) is 24.6. The largest absolute Gasteiger partial charge is 0.494 e. The van der Waals surface area contributed by atoms with E-state index in [4.69, 9.17) is 4.74 Å². The summed E-state index contributed by atoms with van der Waals surface area (Å²) in [5.74, 6) is 1.05. The van der Waals surface area contributed by atoms with Gasteiger partial charge in [0.25, 0.3) is 5.91 Å². The first-order valence-electron chi connectivity index (χ1n) is 7.75. The van der Waals surface area contributed by atoms with Crippen molar-refractivity contribution >= 4 is 29.3 Å². The van der Waals surface area contributed by atoms with Gasteiger partial charge in [0.1, 0.15) is 5.75 Å². The molecule has 24 heavy (non-hydrogen) atoms. The molecule has 0 unspecified atom stereocenters. The predicted molar refractivity (Wildman–Crippen MR) is 94.7 cm³/mol. The van der Waals surface area contributed by atoms with E-state index in [0.29, 0.717) is 30.2 Å². The SMILES string of the molecule is O=C1CSc2ccc(C(=O)NCCCOc3ccccc3)cc2N1. The van der Waals surface area contributed by atoms with E-state index in [-0.39, 0.29) is 11.8 Å². The zero-order chi connectivity index (χ0) is 16.8. The molecule has 5 nitrogen and oxygen atoms in total. The highest BCUT2D eigenvalue weighted by atomic mass is 32.2. The second kappa shape index (κ2) is 7.88. The highest BCUT2D eigenvalue weighted by Gasteiger charge is 2.17. The van der Waals surface area contributed by atoms with Crippen molar-refractivity contribution in [2.45, 2.75) is 11.3 Å². The molecule has 2 aromatic carbocycles. The van der Waals surface area contributed by atoms with Crippen LogP contribution in [0.4, 0.5) is 5.69 Å². The molecule has 0 fully saturated rings. The van der Waals surface area contributed by atoms with Crippen LogP contribution in [0.1, 0.15) is 16.8 Å². The average Bonchev–Trinajstić information content (AvgIpc) is 2.61. The van der Waals surface area contributed by atoms with E-state index in [9.17, 15) is 9.59 Å². The van der Waals surface area contributed by atoms with Crippen molar-refractivity contribution in [3.63, 3.8) is 0 Å². The number of carbonyl (C=O) groups excluding carboxylic acids is 2. The van der Waals surface area contributed by atoms with Gasteiger partial charge in [-0.3, -0.25) is 9.59 Å². The molecule has 0 aromatic heterocycles. The lowest BCUT2D eigenvalue weighted by Gasteiger charge is -2.17. The highest BCUT2D eigenvalue weighted by molar-refractivity contribution is 8.00. The molecule has 0 spiro atoms. The second-order valence-corrected chi connectivity index (χ2v) is 6.34. The molecule has 0 radical (unpaired) electrons. The lowest BCUT2D eigenvalue weighted by Crippen LogP contribution is -2.26. The molecule has 2 N–H and O–H groups in total. The molecule has 3 rings (SSSR count). The van der Waals surface area contributed by atoms with Gasteiger partial charge in [-0.05, 0) is 36.8 Å². The van der Waals surface area contributed by atoms with Crippen molar-refractivity contribution in [3.8, 4) is 5.75 Å². The maximum atomic E-state index is 12.2. The molecule has 1 heterocycles. The number of thioether (sulfide) groups is 1. The van der Waals surface area contributed by atoms with E-state index < -0.39 is 0 Å². The van der Waals surface area contributed by atoms with Crippen LogP contribution in [0.3, 0.4) is 0 Å². The molecule has 0 bridgehead atoms. The third kappa shape index (κ3) is 4.29. The third-order valence-corrected chi connectivity index (χ3v) is 4.57. The van der Waals surface area contributed by atoms with Gasteiger partial charge in [-0.2, -0.15) is 0 Å². The summed E-state index contributed by atoms with van der Waals surface area (Å²) in [6.07, 6.45) is 0.720. The molecule has 1 aliphatic rings. The fourth-order valence-electron chi connectivity index (χ4n) is 2.31. The van der Waals surface area contributed by atoms with Gasteiger partial charge in [-0.25, -0.2) is 0 Å². The minimum absolute atomic E-state index is 0.0388.